The molecule has 0 saturated heterocycles. The van der Waals surface area contributed by atoms with E-state index in [2.05, 4.69) is 21.0 Å². The Morgan fingerprint density at radius 1 is 1.57 bits per heavy atom. The standard InChI is InChI=1S/C14H16BrN3O3/c1-21-13-3-2-9(5-12(16)14(19)20)4-10(13)7-18-8-11(15)6-17-18/h2-4,6,8,12H,5,7,16H2,1H3,(H,19,20). The average molecular weight is 354 g/mol. The fourth-order valence-electron chi connectivity index (χ4n) is 2.02. The molecule has 112 valence electrons. The second-order valence-electron chi connectivity index (χ2n) is 4.65. The highest BCUT2D eigenvalue weighted by Crippen LogP contribution is 2.22. The number of nitrogens with two attached hydrogens (primary N) is 1. The zero-order valence-electron chi connectivity index (χ0n) is 11.5. The van der Waals surface area contributed by atoms with E-state index >= 15 is 0 Å². The molecule has 0 bridgehead atoms. The van der Waals surface area contributed by atoms with E-state index in [0.29, 0.717) is 6.54 Å². The minimum Gasteiger partial charge on any atom is -0.496 e. The van der Waals surface area contributed by atoms with Gasteiger partial charge >= 0.3 is 5.97 Å². The number of aromatic nitrogens is 2. The van der Waals surface area contributed by atoms with Gasteiger partial charge in [-0.3, -0.25) is 9.48 Å². The first-order valence-corrected chi connectivity index (χ1v) is 7.11. The van der Waals surface area contributed by atoms with Crippen molar-refractivity contribution in [2.75, 3.05) is 7.11 Å². The molecule has 1 aromatic carbocycles. The van der Waals surface area contributed by atoms with Crippen LogP contribution in [-0.2, 0) is 17.8 Å². The molecule has 2 aromatic rings. The van der Waals surface area contributed by atoms with Gasteiger partial charge in [0.2, 0.25) is 0 Å². The molecule has 1 aromatic heterocycles. The molecule has 0 spiro atoms. The van der Waals surface area contributed by atoms with Crippen LogP contribution in [0.4, 0.5) is 0 Å². The lowest BCUT2D eigenvalue weighted by Gasteiger charge is -2.12. The van der Waals surface area contributed by atoms with Gasteiger partial charge in [0.05, 0.1) is 24.3 Å². The Balaban J connectivity index is 2.23. The molecule has 2 rings (SSSR count). The predicted octanol–water partition coefficient (Wildman–Crippen LogP) is 1.66. The molecule has 0 aliphatic heterocycles. The van der Waals surface area contributed by atoms with Gasteiger partial charge in [0, 0.05) is 11.8 Å². The van der Waals surface area contributed by atoms with Crippen molar-refractivity contribution in [3.05, 3.63) is 46.2 Å². The van der Waals surface area contributed by atoms with Crippen LogP contribution in [0.5, 0.6) is 5.75 Å². The lowest BCUT2D eigenvalue weighted by atomic mass is 10.0. The molecule has 1 atom stereocenters. The van der Waals surface area contributed by atoms with Crippen LogP contribution < -0.4 is 10.5 Å². The van der Waals surface area contributed by atoms with Gasteiger partial charge in [0.15, 0.2) is 0 Å². The summed E-state index contributed by atoms with van der Waals surface area (Å²) in [5, 5.41) is 13.1. The molecule has 0 saturated carbocycles. The van der Waals surface area contributed by atoms with E-state index in [9.17, 15) is 4.79 Å². The summed E-state index contributed by atoms with van der Waals surface area (Å²) in [6.07, 6.45) is 3.83. The Kier molecular flexibility index (Phi) is 4.98. The summed E-state index contributed by atoms with van der Waals surface area (Å²) in [6.45, 7) is 0.533. The molecular weight excluding hydrogens is 338 g/mol. The van der Waals surface area contributed by atoms with E-state index in [0.717, 1.165) is 21.3 Å². The van der Waals surface area contributed by atoms with Gasteiger partial charge in [-0.1, -0.05) is 12.1 Å². The third kappa shape index (κ3) is 4.05. The Hall–Kier alpha value is -1.86. The van der Waals surface area contributed by atoms with Gasteiger partial charge < -0.3 is 15.6 Å². The molecule has 6 nitrogen and oxygen atoms in total. The summed E-state index contributed by atoms with van der Waals surface area (Å²) < 4.78 is 7.99. The monoisotopic (exact) mass is 353 g/mol. The summed E-state index contributed by atoms with van der Waals surface area (Å²) in [5.74, 6) is -0.280. The number of rotatable bonds is 6. The number of ether oxygens (including phenoxy) is 1. The van der Waals surface area contributed by atoms with Gasteiger partial charge in [-0.25, -0.2) is 0 Å². The van der Waals surface area contributed by atoms with Gasteiger partial charge in [-0.05, 0) is 34.0 Å². The topological polar surface area (TPSA) is 90.4 Å². The van der Waals surface area contributed by atoms with Crippen LogP contribution in [0.3, 0.4) is 0 Å². The van der Waals surface area contributed by atoms with Crippen LogP contribution in [-0.4, -0.2) is 34.0 Å². The second-order valence-corrected chi connectivity index (χ2v) is 5.57. The van der Waals surface area contributed by atoms with Crippen molar-refractivity contribution in [2.45, 2.75) is 19.0 Å². The molecule has 0 fully saturated rings. The van der Waals surface area contributed by atoms with Crippen molar-refractivity contribution >= 4 is 21.9 Å². The Labute approximate surface area is 130 Å². The Morgan fingerprint density at radius 2 is 2.33 bits per heavy atom. The molecule has 3 N–H and O–H groups in total. The van der Waals surface area contributed by atoms with Gasteiger partial charge in [0.1, 0.15) is 11.8 Å². The number of aliphatic carboxylic acids is 1. The summed E-state index contributed by atoms with van der Waals surface area (Å²) in [6, 6.07) is 4.63. The van der Waals surface area contributed by atoms with Gasteiger partial charge in [-0.15, -0.1) is 0 Å². The van der Waals surface area contributed by atoms with Crippen molar-refractivity contribution in [2.24, 2.45) is 5.73 Å². The maximum Gasteiger partial charge on any atom is 0.320 e. The lowest BCUT2D eigenvalue weighted by molar-refractivity contribution is -0.138. The van der Waals surface area contributed by atoms with E-state index in [1.54, 1.807) is 18.0 Å². The van der Waals surface area contributed by atoms with E-state index in [1.165, 1.54) is 0 Å². The van der Waals surface area contributed by atoms with Crippen molar-refractivity contribution in [3.8, 4) is 5.75 Å². The minimum absolute atomic E-state index is 0.273. The Bertz CT molecular complexity index is 642. The molecule has 1 heterocycles. The van der Waals surface area contributed by atoms with E-state index in [4.69, 9.17) is 15.6 Å². The lowest BCUT2D eigenvalue weighted by Crippen LogP contribution is -2.32. The summed E-state index contributed by atoms with van der Waals surface area (Å²) >= 11 is 3.35. The normalized spacial score (nSPS) is 12.1. The highest BCUT2D eigenvalue weighted by atomic mass is 79.9. The van der Waals surface area contributed by atoms with Crippen LogP contribution >= 0.6 is 15.9 Å². The van der Waals surface area contributed by atoms with Crippen LogP contribution in [0, 0.1) is 0 Å². The number of carboxylic acids is 1. The second kappa shape index (κ2) is 6.73. The summed E-state index contributed by atoms with van der Waals surface area (Å²) in [7, 11) is 1.60. The van der Waals surface area contributed by atoms with Crippen LogP contribution in [0.15, 0.2) is 35.1 Å². The molecule has 0 amide bonds. The molecule has 0 aliphatic carbocycles. The molecule has 21 heavy (non-hydrogen) atoms. The first-order chi connectivity index (χ1) is 9.99. The SMILES string of the molecule is COc1ccc(CC(N)C(=O)O)cc1Cn1cc(Br)cn1. The largest absolute Gasteiger partial charge is 0.496 e. The fraction of sp³-hybridized carbons (Fsp3) is 0.286. The number of benzene rings is 1. The highest BCUT2D eigenvalue weighted by Gasteiger charge is 2.14. The highest BCUT2D eigenvalue weighted by molar-refractivity contribution is 9.10. The zero-order chi connectivity index (χ0) is 15.4. The molecule has 0 radical (unpaired) electrons. The quantitative estimate of drug-likeness (QED) is 0.823. The van der Waals surface area contributed by atoms with Gasteiger partial charge in [-0.2, -0.15) is 5.10 Å². The number of methoxy groups -OCH3 is 1. The van der Waals surface area contributed by atoms with Crippen molar-refractivity contribution in [1.82, 2.24) is 9.78 Å². The van der Waals surface area contributed by atoms with Crippen molar-refractivity contribution in [3.63, 3.8) is 0 Å². The van der Waals surface area contributed by atoms with Crippen molar-refractivity contribution in [1.29, 1.82) is 0 Å². The minimum atomic E-state index is -1.01. The maximum atomic E-state index is 10.8. The van der Waals surface area contributed by atoms with Crippen LogP contribution in [0.2, 0.25) is 0 Å². The summed E-state index contributed by atoms with van der Waals surface area (Å²) in [4.78, 5) is 10.8. The van der Waals surface area contributed by atoms with Gasteiger partial charge in [0.25, 0.3) is 0 Å². The number of nitrogens with zero attached hydrogens (tertiary/aromatic N) is 2. The van der Waals surface area contributed by atoms with Crippen LogP contribution in [0.25, 0.3) is 0 Å². The zero-order valence-corrected chi connectivity index (χ0v) is 13.1. The number of hydrogen-bond donors (Lipinski definition) is 2. The van der Waals surface area contributed by atoms with E-state index in [-0.39, 0.29) is 6.42 Å². The first kappa shape index (κ1) is 15.5. The summed E-state index contributed by atoms with van der Waals surface area (Å²) in [5.41, 5.74) is 7.34. The smallest absolute Gasteiger partial charge is 0.320 e. The third-order valence-corrected chi connectivity index (χ3v) is 3.46. The Morgan fingerprint density at radius 3 is 2.90 bits per heavy atom. The van der Waals surface area contributed by atoms with Crippen LogP contribution in [0.1, 0.15) is 11.1 Å². The van der Waals surface area contributed by atoms with Crippen molar-refractivity contribution < 1.29 is 14.6 Å². The fourth-order valence-corrected chi connectivity index (χ4v) is 2.35. The first-order valence-electron chi connectivity index (χ1n) is 6.31. The molecular formula is C14H16BrN3O3. The molecule has 1 unspecified atom stereocenters. The van der Waals surface area contributed by atoms with E-state index < -0.39 is 12.0 Å². The molecule has 0 aliphatic rings. The average Bonchev–Trinajstić information content (AvgIpc) is 2.84. The number of hydrogen-bond acceptors (Lipinski definition) is 4. The third-order valence-electron chi connectivity index (χ3n) is 3.05. The van der Waals surface area contributed by atoms with E-state index in [1.807, 2.05) is 24.4 Å². The predicted molar refractivity (Wildman–Crippen MR) is 81.3 cm³/mol. The molecule has 7 heteroatoms. The number of carbonyl (C=O) groups is 1. The number of halogens is 1. The number of carboxylic acid groups (broad SMARTS) is 1. The maximum absolute atomic E-state index is 10.8.